The summed E-state index contributed by atoms with van der Waals surface area (Å²) in [6.07, 6.45) is -4.40. The van der Waals surface area contributed by atoms with Crippen LogP contribution in [0.4, 0.5) is 13.2 Å². The highest BCUT2D eigenvalue weighted by molar-refractivity contribution is 6.32. The molecular formula is C25H23Cl2F3N2O. The van der Waals surface area contributed by atoms with Crippen LogP contribution in [0.5, 0.6) is 5.75 Å². The van der Waals surface area contributed by atoms with E-state index in [-0.39, 0.29) is 24.4 Å². The number of benzene rings is 3. The van der Waals surface area contributed by atoms with Gasteiger partial charge in [-0.3, -0.25) is 0 Å². The number of nitrogens with zero attached hydrogens (tertiary/aromatic N) is 1. The Balaban J connectivity index is 0.00000306. The van der Waals surface area contributed by atoms with Gasteiger partial charge in [-0.15, -0.1) is 12.4 Å². The maximum Gasteiger partial charge on any atom is 0.416 e. The highest BCUT2D eigenvalue weighted by atomic mass is 35.5. The van der Waals surface area contributed by atoms with Crippen molar-refractivity contribution in [1.82, 2.24) is 9.97 Å². The van der Waals surface area contributed by atoms with Crippen LogP contribution in [0.2, 0.25) is 5.02 Å². The number of aromatic nitrogens is 2. The van der Waals surface area contributed by atoms with Gasteiger partial charge in [0.25, 0.3) is 0 Å². The van der Waals surface area contributed by atoms with Gasteiger partial charge >= 0.3 is 6.18 Å². The Hall–Kier alpha value is -2.70. The van der Waals surface area contributed by atoms with Gasteiger partial charge in [-0.1, -0.05) is 50.6 Å². The number of imidazole rings is 1. The summed E-state index contributed by atoms with van der Waals surface area (Å²) in [5, 5.41) is 0.367. The molecule has 0 saturated carbocycles. The molecule has 0 radical (unpaired) electrons. The van der Waals surface area contributed by atoms with Crippen LogP contribution in [-0.4, -0.2) is 9.97 Å². The molecule has 8 heteroatoms. The SMILES string of the molecule is CC(C)(C)c1ccc2nc(-c3ccc(Cl)c(OCc4cccc(C(F)(F)F)c4)c3)[nH]c2c1.Cl. The Morgan fingerprint density at radius 3 is 2.39 bits per heavy atom. The molecule has 0 spiro atoms. The fraction of sp³-hybridized carbons (Fsp3) is 0.240. The minimum atomic E-state index is -4.40. The standard InChI is InChI=1S/C25H22ClF3N2O.ClH/c1-24(2,3)17-8-10-20-21(13-17)31-23(30-20)16-7-9-19(26)22(12-16)32-14-15-5-4-6-18(11-15)25(27,28)29;/h4-13H,14H2,1-3H3,(H,30,31);1H. The van der Waals surface area contributed by atoms with E-state index in [2.05, 4.69) is 42.9 Å². The van der Waals surface area contributed by atoms with Crippen LogP contribution in [0, 0.1) is 0 Å². The molecule has 0 atom stereocenters. The summed E-state index contributed by atoms with van der Waals surface area (Å²) in [6, 6.07) is 16.4. The van der Waals surface area contributed by atoms with Crippen molar-refractivity contribution in [3.05, 3.63) is 82.4 Å². The molecule has 0 amide bonds. The number of hydrogen-bond acceptors (Lipinski definition) is 2. The van der Waals surface area contributed by atoms with Crippen molar-refractivity contribution in [2.24, 2.45) is 0 Å². The van der Waals surface area contributed by atoms with Crippen LogP contribution in [0.1, 0.15) is 37.5 Å². The van der Waals surface area contributed by atoms with Crippen molar-refractivity contribution >= 4 is 35.0 Å². The number of hydrogen-bond donors (Lipinski definition) is 1. The van der Waals surface area contributed by atoms with Gasteiger partial charge < -0.3 is 9.72 Å². The molecule has 1 N–H and O–H groups in total. The first kappa shape index (κ1) is 24.9. The molecule has 1 heterocycles. The number of alkyl halides is 3. The monoisotopic (exact) mass is 494 g/mol. The Morgan fingerprint density at radius 2 is 1.70 bits per heavy atom. The Bertz CT molecular complexity index is 1280. The van der Waals surface area contributed by atoms with Crippen LogP contribution < -0.4 is 4.74 Å². The van der Waals surface area contributed by atoms with E-state index >= 15 is 0 Å². The van der Waals surface area contributed by atoms with E-state index in [0.717, 1.165) is 28.7 Å². The summed E-state index contributed by atoms with van der Waals surface area (Å²) in [7, 11) is 0. The first-order valence-corrected chi connectivity index (χ1v) is 10.5. The zero-order chi connectivity index (χ0) is 23.1. The van der Waals surface area contributed by atoms with Crippen LogP contribution in [0.3, 0.4) is 0 Å². The molecule has 0 aliphatic carbocycles. The van der Waals surface area contributed by atoms with E-state index in [9.17, 15) is 13.2 Å². The van der Waals surface area contributed by atoms with Crippen molar-refractivity contribution in [2.75, 3.05) is 0 Å². The summed E-state index contributed by atoms with van der Waals surface area (Å²) in [6.45, 7) is 6.41. The summed E-state index contributed by atoms with van der Waals surface area (Å²) in [5.41, 5.74) is 3.44. The van der Waals surface area contributed by atoms with E-state index in [1.165, 1.54) is 11.6 Å². The molecular weight excluding hydrogens is 472 g/mol. The maximum absolute atomic E-state index is 12.9. The summed E-state index contributed by atoms with van der Waals surface area (Å²) in [5.74, 6) is 1.03. The molecule has 0 fully saturated rings. The van der Waals surface area contributed by atoms with Gasteiger partial charge in [-0.25, -0.2) is 4.98 Å². The predicted molar refractivity (Wildman–Crippen MR) is 128 cm³/mol. The number of aromatic amines is 1. The Morgan fingerprint density at radius 1 is 0.939 bits per heavy atom. The van der Waals surface area contributed by atoms with Crippen molar-refractivity contribution in [2.45, 2.75) is 39.0 Å². The van der Waals surface area contributed by atoms with E-state index in [1.807, 2.05) is 12.1 Å². The molecule has 3 aromatic carbocycles. The van der Waals surface area contributed by atoms with Crippen molar-refractivity contribution in [1.29, 1.82) is 0 Å². The highest BCUT2D eigenvalue weighted by Crippen LogP contribution is 2.33. The summed E-state index contributed by atoms with van der Waals surface area (Å²) >= 11 is 6.27. The number of H-pyrrole nitrogens is 1. The van der Waals surface area contributed by atoms with Gasteiger partial charge in [0.2, 0.25) is 0 Å². The predicted octanol–water partition coefficient (Wildman–Crippen LogP) is 8.20. The van der Waals surface area contributed by atoms with E-state index in [1.54, 1.807) is 18.2 Å². The van der Waals surface area contributed by atoms with Crippen molar-refractivity contribution < 1.29 is 17.9 Å². The smallest absolute Gasteiger partial charge is 0.416 e. The normalized spacial score (nSPS) is 12.0. The second-order valence-electron chi connectivity index (χ2n) is 8.70. The third-order valence-electron chi connectivity index (χ3n) is 5.20. The van der Waals surface area contributed by atoms with Crippen LogP contribution in [-0.2, 0) is 18.2 Å². The Kier molecular flexibility index (Phi) is 7.01. The first-order valence-electron chi connectivity index (χ1n) is 10.1. The molecule has 0 aliphatic rings. The Labute approximate surface area is 201 Å². The molecule has 0 unspecified atom stereocenters. The summed E-state index contributed by atoms with van der Waals surface area (Å²) < 4.78 is 44.6. The molecule has 174 valence electrons. The van der Waals surface area contributed by atoms with Crippen molar-refractivity contribution in [3.63, 3.8) is 0 Å². The number of ether oxygens (including phenoxy) is 1. The lowest BCUT2D eigenvalue weighted by atomic mass is 9.87. The van der Waals surface area contributed by atoms with E-state index in [0.29, 0.717) is 22.2 Å². The number of halogens is 5. The maximum atomic E-state index is 12.9. The average molecular weight is 495 g/mol. The van der Waals surface area contributed by atoms with E-state index in [4.69, 9.17) is 16.3 Å². The van der Waals surface area contributed by atoms with Crippen LogP contribution >= 0.6 is 24.0 Å². The fourth-order valence-corrected chi connectivity index (χ4v) is 3.54. The van der Waals surface area contributed by atoms with Gasteiger partial charge in [0.15, 0.2) is 0 Å². The summed E-state index contributed by atoms with van der Waals surface area (Å²) in [4.78, 5) is 7.99. The lowest BCUT2D eigenvalue weighted by Crippen LogP contribution is -2.10. The third-order valence-corrected chi connectivity index (χ3v) is 5.51. The third kappa shape index (κ3) is 5.63. The molecule has 1 aromatic heterocycles. The minimum absolute atomic E-state index is 0. The van der Waals surface area contributed by atoms with E-state index < -0.39 is 11.7 Å². The minimum Gasteiger partial charge on any atom is -0.487 e. The number of rotatable bonds is 4. The van der Waals surface area contributed by atoms with Crippen molar-refractivity contribution in [3.8, 4) is 17.1 Å². The zero-order valence-corrected chi connectivity index (χ0v) is 19.8. The lowest BCUT2D eigenvalue weighted by Gasteiger charge is -2.18. The topological polar surface area (TPSA) is 37.9 Å². The second-order valence-corrected chi connectivity index (χ2v) is 9.11. The fourth-order valence-electron chi connectivity index (χ4n) is 3.37. The lowest BCUT2D eigenvalue weighted by molar-refractivity contribution is -0.137. The number of fused-ring (bicyclic) bond motifs is 1. The zero-order valence-electron chi connectivity index (χ0n) is 18.3. The second kappa shape index (κ2) is 9.27. The average Bonchev–Trinajstić information content (AvgIpc) is 3.15. The van der Waals surface area contributed by atoms with Crippen LogP contribution in [0.25, 0.3) is 22.4 Å². The largest absolute Gasteiger partial charge is 0.487 e. The molecule has 33 heavy (non-hydrogen) atoms. The van der Waals surface area contributed by atoms with Gasteiger partial charge in [0.1, 0.15) is 18.2 Å². The van der Waals surface area contributed by atoms with Gasteiger partial charge in [-0.05, 0) is 59.0 Å². The van der Waals surface area contributed by atoms with Gasteiger partial charge in [-0.2, -0.15) is 13.2 Å². The first-order chi connectivity index (χ1) is 15.0. The number of nitrogens with one attached hydrogen (secondary N) is 1. The molecule has 4 aromatic rings. The molecule has 3 nitrogen and oxygen atoms in total. The van der Waals surface area contributed by atoms with Crippen LogP contribution in [0.15, 0.2) is 60.7 Å². The molecule has 0 saturated heterocycles. The highest BCUT2D eigenvalue weighted by Gasteiger charge is 2.30. The molecule has 0 bridgehead atoms. The van der Waals surface area contributed by atoms with Gasteiger partial charge in [0, 0.05) is 5.56 Å². The molecule has 4 rings (SSSR count). The quantitative estimate of drug-likeness (QED) is 0.310. The van der Waals surface area contributed by atoms with Gasteiger partial charge in [0.05, 0.1) is 21.6 Å². The molecule has 0 aliphatic heterocycles.